The summed E-state index contributed by atoms with van der Waals surface area (Å²) in [5, 5.41) is 4.28. The number of rotatable bonds is 1. The van der Waals surface area contributed by atoms with Gasteiger partial charge in [0.2, 0.25) is 0 Å². The number of hydrogen-bond acceptors (Lipinski definition) is 2. The Balaban J connectivity index is 2.05. The molecule has 1 aliphatic carbocycles. The van der Waals surface area contributed by atoms with Gasteiger partial charge in [-0.3, -0.25) is 4.79 Å². The molecule has 0 amide bonds. The van der Waals surface area contributed by atoms with Crippen molar-refractivity contribution >= 4 is 5.78 Å². The van der Waals surface area contributed by atoms with Crippen molar-refractivity contribution < 1.29 is 9.18 Å². The third-order valence-electron chi connectivity index (χ3n) is 3.00. The Morgan fingerprint density at radius 1 is 1.18 bits per heavy atom. The van der Waals surface area contributed by atoms with Crippen molar-refractivity contribution in [2.75, 3.05) is 0 Å². The van der Waals surface area contributed by atoms with E-state index in [4.69, 9.17) is 0 Å². The molecule has 4 heteroatoms. The van der Waals surface area contributed by atoms with Crippen LogP contribution in [0, 0.1) is 5.82 Å². The molecule has 0 aliphatic heterocycles. The van der Waals surface area contributed by atoms with Gasteiger partial charge < -0.3 is 0 Å². The van der Waals surface area contributed by atoms with Crippen LogP contribution in [0.4, 0.5) is 4.39 Å². The van der Waals surface area contributed by atoms with Gasteiger partial charge in [-0.15, -0.1) is 0 Å². The molecule has 1 aliphatic rings. The number of carbonyl (C=O) groups is 1. The van der Waals surface area contributed by atoms with Crippen molar-refractivity contribution in [2.45, 2.75) is 19.3 Å². The normalized spacial score (nSPS) is 14.8. The van der Waals surface area contributed by atoms with Crippen LogP contribution in [0.2, 0.25) is 0 Å². The van der Waals surface area contributed by atoms with E-state index < -0.39 is 0 Å². The second kappa shape index (κ2) is 3.80. The molecule has 0 fully saturated rings. The minimum Gasteiger partial charge on any atom is -0.292 e. The molecule has 0 saturated carbocycles. The summed E-state index contributed by atoms with van der Waals surface area (Å²) in [5.74, 6) is -0.172. The van der Waals surface area contributed by atoms with E-state index in [1.54, 1.807) is 16.8 Å². The van der Waals surface area contributed by atoms with Crippen molar-refractivity contribution in [1.82, 2.24) is 9.78 Å². The smallest absolute Gasteiger partial charge is 0.183 e. The topological polar surface area (TPSA) is 34.9 Å². The van der Waals surface area contributed by atoms with Gasteiger partial charge in [0.25, 0.3) is 0 Å². The minimum absolute atomic E-state index is 0.104. The summed E-state index contributed by atoms with van der Waals surface area (Å²) in [7, 11) is 0. The number of nitrogens with zero attached hydrogens (tertiary/aromatic N) is 2. The average molecular weight is 230 g/mol. The van der Waals surface area contributed by atoms with Gasteiger partial charge in [0.1, 0.15) is 11.5 Å². The predicted octanol–water partition coefficient (Wildman–Crippen LogP) is 2.53. The van der Waals surface area contributed by atoms with Crippen LogP contribution in [0.15, 0.2) is 30.5 Å². The molecule has 1 aromatic heterocycles. The highest BCUT2D eigenvalue weighted by atomic mass is 19.1. The number of ketones is 1. The van der Waals surface area contributed by atoms with Crippen LogP contribution in [0.3, 0.4) is 0 Å². The molecular weight excluding hydrogens is 219 g/mol. The molecule has 1 heterocycles. The Labute approximate surface area is 97.9 Å². The molecule has 1 aromatic carbocycles. The molecule has 0 atom stereocenters. The standard InChI is InChI=1S/C13H11FN2O/c14-10-4-6-11(7-5-10)16-8-9-2-1-3-12(17)13(9)15-16/h4-8H,1-3H2. The molecule has 0 radical (unpaired) electrons. The fraction of sp³-hybridized carbons (Fsp3) is 0.231. The summed E-state index contributed by atoms with van der Waals surface area (Å²) in [6, 6.07) is 6.08. The highest BCUT2D eigenvalue weighted by molar-refractivity contribution is 5.96. The van der Waals surface area contributed by atoms with Crippen LogP contribution in [-0.4, -0.2) is 15.6 Å². The SMILES string of the molecule is O=C1CCCc2cn(-c3ccc(F)cc3)nc21. The molecule has 0 N–H and O–H groups in total. The largest absolute Gasteiger partial charge is 0.292 e. The van der Waals surface area contributed by atoms with Crippen LogP contribution in [0.1, 0.15) is 28.9 Å². The number of Topliss-reactive ketones (excluding diaryl/α,β-unsaturated/α-hetero) is 1. The van der Waals surface area contributed by atoms with E-state index in [0.29, 0.717) is 12.1 Å². The van der Waals surface area contributed by atoms with Gasteiger partial charge >= 0.3 is 0 Å². The number of aryl methyl sites for hydroxylation is 1. The first-order valence-corrected chi connectivity index (χ1v) is 5.62. The predicted molar refractivity (Wildman–Crippen MR) is 60.8 cm³/mol. The van der Waals surface area contributed by atoms with E-state index in [2.05, 4.69) is 5.10 Å². The lowest BCUT2D eigenvalue weighted by Gasteiger charge is -2.05. The summed E-state index contributed by atoms with van der Waals surface area (Å²) in [6.07, 6.45) is 4.22. The molecule has 0 saturated heterocycles. The van der Waals surface area contributed by atoms with Gasteiger partial charge in [0, 0.05) is 18.2 Å². The Morgan fingerprint density at radius 3 is 2.65 bits per heavy atom. The van der Waals surface area contributed by atoms with Crippen molar-refractivity contribution in [2.24, 2.45) is 0 Å². The Hall–Kier alpha value is -1.97. The first kappa shape index (κ1) is 10.2. The fourth-order valence-electron chi connectivity index (χ4n) is 2.11. The third kappa shape index (κ3) is 1.75. The second-order valence-corrected chi connectivity index (χ2v) is 4.20. The van der Waals surface area contributed by atoms with Gasteiger partial charge in [0.15, 0.2) is 5.78 Å². The number of fused-ring (bicyclic) bond motifs is 1. The van der Waals surface area contributed by atoms with Crippen LogP contribution in [0.5, 0.6) is 0 Å². The summed E-state index contributed by atoms with van der Waals surface area (Å²) in [5.41, 5.74) is 2.33. The summed E-state index contributed by atoms with van der Waals surface area (Å²) < 4.78 is 14.5. The van der Waals surface area contributed by atoms with Gasteiger partial charge in [-0.05, 0) is 37.1 Å². The van der Waals surface area contributed by atoms with Gasteiger partial charge in [-0.1, -0.05) is 0 Å². The summed E-state index contributed by atoms with van der Waals surface area (Å²) >= 11 is 0. The van der Waals surface area contributed by atoms with Crippen molar-refractivity contribution in [3.05, 3.63) is 47.5 Å². The quantitative estimate of drug-likeness (QED) is 0.754. The van der Waals surface area contributed by atoms with Crippen LogP contribution in [-0.2, 0) is 6.42 Å². The number of halogens is 1. The molecule has 17 heavy (non-hydrogen) atoms. The van der Waals surface area contributed by atoms with E-state index >= 15 is 0 Å². The lowest BCUT2D eigenvalue weighted by Crippen LogP contribution is -2.09. The Kier molecular flexibility index (Phi) is 2.28. The first-order valence-electron chi connectivity index (χ1n) is 5.62. The Morgan fingerprint density at radius 2 is 1.94 bits per heavy atom. The zero-order valence-corrected chi connectivity index (χ0v) is 9.19. The van der Waals surface area contributed by atoms with Crippen molar-refractivity contribution in [3.8, 4) is 5.69 Å². The number of aromatic nitrogens is 2. The lowest BCUT2D eigenvalue weighted by molar-refractivity contribution is 0.0967. The molecular formula is C13H11FN2O. The van der Waals surface area contributed by atoms with Crippen LogP contribution in [0.25, 0.3) is 5.69 Å². The van der Waals surface area contributed by atoms with E-state index in [0.717, 1.165) is 24.1 Å². The molecule has 0 spiro atoms. The summed E-state index contributed by atoms with van der Waals surface area (Å²) in [6.45, 7) is 0. The average Bonchev–Trinajstić information content (AvgIpc) is 2.75. The fourth-order valence-corrected chi connectivity index (χ4v) is 2.11. The van der Waals surface area contributed by atoms with E-state index in [1.165, 1.54) is 12.1 Å². The molecule has 0 bridgehead atoms. The van der Waals surface area contributed by atoms with E-state index in [9.17, 15) is 9.18 Å². The van der Waals surface area contributed by atoms with Crippen LogP contribution >= 0.6 is 0 Å². The number of carbonyl (C=O) groups excluding carboxylic acids is 1. The first-order chi connectivity index (χ1) is 8.24. The molecule has 2 aromatic rings. The monoisotopic (exact) mass is 230 g/mol. The number of benzene rings is 1. The van der Waals surface area contributed by atoms with Gasteiger partial charge in [0.05, 0.1) is 5.69 Å². The molecule has 0 unspecified atom stereocenters. The van der Waals surface area contributed by atoms with Crippen molar-refractivity contribution in [1.29, 1.82) is 0 Å². The third-order valence-corrected chi connectivity index (χ3v) is 3.00. The summed E-state index contributed by atoms with van der Waals surface area (Å²) in [4.78, 5) is 11.6. The zero-order chi connectivity index (χ0) is 11.8. The maximum absolute atomic E-state index is 12.8. The molecule has 3 rings (SSSR count). The Bertz CT molecular complexity index is 572. The van der Waals surface area contributed by atoms with Gasteiger partial charge in [-0.2, -0.15) is 5.10 Å². The molecule has 86 valence electrons. The number of hydrogen-bond donors (Lipinski definition) is 0. The maximum atomic E-state index is 12.8. The van der Waals surface area contributed by atoms with E-state index in [-0.39, 0.29) is 11.6 Å². The van der Waals surface area contributed by atoms with Crippen molar-refractivity contribution in [3.63, 3.8) is 0 Å². The maximum Gasteiger partial charge on any atom is 0.183 e. The molecule has 3 nitrogen and oxygen atoms in total. The zero-order valence-electron chi connectivity index (χ0n) is 9.19. The highest BCUT2D eigenvalue weighted by Crippen LogP contribution is 2.21. The highest BCUT2D eigenvalue weighted by Gasteiger charge is 2.21. The minimum atomic E-state index is -0.276. The van der Waals surface area contributed by atoms with E-state index in [1.807, 2.05) is 6.20 Å². The lowest BCUT2D eigenvalue weighted by atomic mass is 9.97. The van der Waals surface area contributed by atoms with Crippen LogP contribution < -0.4 is 0 Å². The second-order valence-electron chi connectivity index (χ2n) is 4.20. The van der Waals surface area contributed by atoms with Gasteiger partial charge in [-0.25, -0.2) is 9.07 Å².